The maximum Gasteiger partial charge on any atom is 0.306 e. The van der Waals surface area contributed by atoms with Gasteiger partial charge in [-0.1, -0.05) is 30.4 Å². The molecule has 158 valence electrons. The first kappa shape index (κ1) is 19.5. The lowest BCUT2D eigenvalue weighted by atomic mass is 9.77. The number of rotatable bonds is 3. The number of amides is 1. The number of ether oxygens (including phenoxy) is 1. The third kappa shape index (κ3) is 2.93. The number of carboxylic acid groups (broad SMARTS) is 1. The Morgan fingerprint density at radius 1 is 1.07 bits per heavy atom. The number of hydrogen-bond donors (Lipinski definition) is 1. The van der Waals surface area contributed by atoms with E-state index in [2.05, 4.69) is 23.2 Å². The number of quaternary nitrogens is 1. The molecule has 4 aliphatic rings. The summed E-state index contributed by atoms with van der Waals surface area (Å²) in [6.07, 6.45) is 11.0. The summed E-state index contributed by atoms with van der Waals surface area (Å²) < 4.78 is 6.28. The van der Waals surface area contributed by atoms with Crippen LogP contribution in [-0.2, 0) is 9.53 Å². The van der Waals surface area contributed by atoms with E-state index in [4.69, 9.17) is 4.74 Å². The second kappa shape index (κ2) is 7.36. The molecule has 6 nitrogen and oxygen atoms in total. The average Bonchev–Trinajstić information content (AvgIpc) is 3.32. The standard InChI is InChI=1S/C24H28N2O4/c27-22(20-4-2-1-3-5-20)25-24(26(25)14-16-30-17-15-26)12-10-19(11-13-24)18-6-8-21(9-7-18)23(28)29/h1-5,10-12,18,21H,6-9,13-17H2/p+1/t18?,21?,24-,25?/m1/s1. The van der Waals surface area contributed by atoms with Crippen molar-refractivity contribution in [2.24, 2.45) is 11.8 Å². The van der Waals surface area contributed by atoms with Gasteiger partial charge in [-0.15, -0.1) is 5.01 Å². The summed E-state index contributed by atoms with van der Waals surface area (Å²) in [6.45, 7) is 2.97. The minimum Gasteiger partial charge on any atom is -0.481 e. The van der Waals surface area contributed by atoms with Gasteiger partial charge in [0.2, 0.25) is 0 Å². The molecule has 6 heteroatoms. The molecule has 2 spiro atoms. The van der Waals surface area contributed by atoms with Crippen molar-refractivity contribution in [2.45, 2.75) is 37.8 Å². The smallest absolute Gasteiger partial charge is 0.306 e. The fourth-order valence-corrected chi connectivity index (χ4v) is 5.83. The molecular weight excluding hydrogens is 380 g/mol. The molecule has 1 N–H and O–H groups in total. The van der Waals surface area contributed by atoms with Crippen LogP contribution in [0.2, 0.25) is 0 Å². The van der Waals surface area contributed by atoms with Crippen LogP contribution in [0.5, 0.6) is 0 Å². The predicted molar refractivity (Wildman–Crippen MR) is 111 cm³/mol. The molecule has 2 heterocycles. The van der Waals surface area contributed by atoms with Crippen LogP contribution < -0.4 is 0 Å². The highest BCUT2D eigenvalue weighted by molar-refractivity contribution is 5.95. The van der Waals surface area contributed by atoms with E-state index < -0.39 is 5.97 Å². The van der Waals surface area contributed by atoms with E-state index in [1.54, 1.807) is 0 Å². The van der Waals surface area contributed by atoms with Gasteiger partial charge in [0.25, 0.3) is 5.66 Å². The molecule has 2 aliphatic carbocycles. The molecule has 1 aromatic carbocycles. The average molecular weight is 410 g/mol. The normalized spacial score (nSPS) is 32.1. The molecule has 5 rings (SSSR count). The molecule has 2 saturated heterocycles. The fraction of sp³-hybridized carbons (Fsp3) is 0.500. The Morgan fingerprint density at radius 3 is 2.37 bits per heavy atom. The van der Waals surface area contributed by atoms with E-state index in [1.807, 2.05) is 30.3 Å². The SMILES string of the molecule is O=C(O)C1CCC(C2=CC[C@]3(C=C2)N(C(=O)c2ccccc2)[N+]32CCOCC2)CC1. The first-order valence-electron chi connectivity index (χ1n) is 11.0. The summed E-state index contributed by atoms with van der Waals surface area (Å²) in [5.74, 6) is -0.331. The highest BCUT2D eigenvalue weighted by Gasteiger charge is 2.79. The van der Waals surface area contributed by atoms with Crippen LogP contribution in [-0.4, -0.2) is 58.6 Å². The van der Waals surface area contributed by atoms with Gasteiger partial charge in [0.1, 0.15) is 13.1 Å². The first-order valence-corrected chi connectivity index (χ1v) is 11.0. The zero-order valence-electron chi connectivity index (χ0n) is 17.2. The lowest BCUT2D eigenvalue weighted by molar-refractivity contribution is -0.885. The van der Waals surface area contributed by atoms with Gasteiger partial charge in [0.05, 0.1) is 25.6 Å². The number of carboxylic acids is 1. The third-order valence-electron chi connectivity index (χ3n) is 7.58. The largest absolute Gasteiger partial charge is 0.481 e. The summed E-state index contributed by atoms with van der Waals surface area (Å²) in [6, 6.07) is 9.53. The van der Waals surface area contributed by atoms with Crippen LogP contribution in [0.1, 0.15) is 42.5 Å². The van der Waals surface area contributed by atoms with Crippen molar-refractivity contribution in [2.75, 3.05) is 26.3 Å². The molecule has 1 atom stereocenters. The first-order chi connectivity index (χ1) is 14.6. The summed E-state index contributed by atoms with van der Waals surface area (Å²) >= 11 is 0. The van der Waals surface area contributed by atoms with E-state index in [9.17, 15) is 14.7 Å². The van der Waals surface area contributed by atoms with Crippen LogP contribution in [0.4, 0.5) is 0 Å². The van der Waals surface area contributed by atoms with Crippen molar-refractivity contribution in [3.8, 4) is 0 Å². The Balaban J connectivity index is 1.36. The maximum absolute atomic E-state index is 13.4. The van der Waals surface area contributed by atoms with Gasteiger partial charge < -0.3 is 9.84 Å². The van der Waals surface area contributed by atoms with Crippen LogP contribution in [0, 0.1) is 11.8 Å². The molecule has 2 aliphatic heterocycles. The molecule has 0 bridgehead atoms. The Labute approximate surface area is 177 Å². The lowest BCUT2D eigenvalue weighted by Gasteiger charge is -2.29. The van der Waals surface area contributed by atoms with Crippen LogP contribution in [0.25, 0.3) is 0 Å². The van der Waals surface area contributed by atoms with Gasteiger partial charge in [-0.25, -0.2) is 0 Å². The Kier molecular flexibility index (Phi) is 4.79. The van der Waals surface area contributed by atoms with Gasteiger partial charge >= 0.3 is 11.9 Å². The molecule has 0 aromatic heterocycles. The van der Waals surface area contributed by atoms with Gasteiger partial charge in [-0.2, -0.15) is 4.59 Å². The zero-order valence-corrected chi connectivity index (χ0v) is 17.2. The van der Waals surface area contributed by atoms with Crippen LogP contribution in [0.15, 0.2) is 54.1 Å². The summed E-state index contributed by atoms with van der Waals surface area (Å²) in [7, 11) is 0. The molecular formula is C24H29N2O4+. The highest BCUT2D eigenvalue weighted by atomic mass is 16.5. The van der Waals surface area contributed by atoms with Crippen molar-refractivity contribution in [1.82, 2.24) is 5.01 Å². The molecule has 0 radical (unpaired) electrons. The molecule has 3 fully saturated rings. The van der Waals surface area contributed by atoms with Crippen LogP contribution in [0.3, 0.4) is 0 Å². The van der Waals surface area contributed by atoms with E-state index in [0.717, 1.165) is 50.8 Å². The van der Waals surface area contributed by atoms with Gasteiger partial charge in [0, 0.05) is 11.6 Å². The summed E-state index contributed by atoms with van der Waals surface area (Å²) in [5.41, 5.74) is 1.74. The van der Waals surface area contributed by atoms with E-state index in [1.165, 1.54) is 5.57 Å². The number of nitrogens with zero attached hydrogens (tertiary/aromatic N) is 2. The Bertz CT molecular complexity index is 895. The van der Waals surface area contributed by atoms with Gasteiger partial charge in [0.15, 0.2) is 0 Å². The topological polar surface area (TPSA) is 66.6 Å². The van der Waals surface area contributed by atoms with Crippen molar-refractivity contribution in [3.05, 3.63) is 59.7 Å². The minimum atomic E-state index is -0.660. The molecule has 1 amide bonds. The van der Waals surface area contributed by atoms with Crippen molar-refractivity contribution < 1.29 is 24.0 Å². The lowest BCUT2D eigenvalue weighted by Crippen LogP contribution is -2.46. The molecule has 1 aromatic rings. The van der Waals surface area contributed by atoms with Gasteiger partial charge in [-0.05, 0) is 49.3 Å². The number of carbonyl (C=O) groups excluding carboxylic acids is 1. The summed E-state index contributed by atoms with van der Waals surface area (Å²) in [4.78, 5) is 24.6. The minimum absolute atomic E-state index is 0.0842. The fourth-order valence-electron chi connectivity index (χ4n) is 5.83. The number of allylic oxidation sites excluding steroid dienone is 2. The Morgan fingerprint density at radius 2 is 1.77 bits per heavy atom. The number of fused-ring (bicyclic) bond motifs is 1. The monoisotopic (exact) mass is 409 g/mol. The second-order valence-corrected chi connectivity index (χ2v) is 8.97. The van der Waals surface area contributed by atoms with Crippen molar-refractivity contribution >= 4 is 11.9 Å². The quantitative estimate of drug-likeness (QED) is 0.614. The number of aliphatic carboxylic acids is 1. The molecule has 1 saturated carbocycles. The predicted octanol–water partition coefficient (Wildman–Crippen LogP) is 3.38. The third-order valence-corrected chi connectivity index (χ3v) is 7.58. The highest BCUT2D eigenvalue weighted by Crippen LogP contribution is 2.56. The second-order valence-electron chi connectivity index (χ2n) is 8.97. The van der Waals surface area contributed by atoms with E-state index >= 15 is 0 Å². The summed E-state index contributed by atoms with van der Waals surface area (Å²) in [5, 5.41) is 11.3. The van der Waals surface area contributed by atoms with Crippen molar-refractivity contribution in [3.63, 3.8) is 0 Å². The van der Waals surface area contributed by atoms with Crippen LogP contribution >= 0.6 is 0 Å². The van der Waals surface area contributed by atoms with E-state index in [0.29, 0.717) is 23.7 Å². The van der Waals surface area contributed by atoms with Gasteiger partial charge in [-0.3, -0.25) is 9.59 Å². The zero-order chi connectivity index (χ0) is 20.8. The maximum atomic E-state index is 13.4. The molecule has 30 heavy (non-hydrogen) atoms. The Hall–Kier alpha value is -2.44. The van der Waals surface area contributed by atoms with E-state index in [-0.39, 0.29) is 17.5 Å². The molecule has 0 unspecified atom stereocenters. The number of morpholine rings is 1. The van der Waals surface area contributed by atoms with Crippen molar-refractivity contribution in [1.29, 1.82) is 0 Å². The number of benzene rings is 1. The number of carbonyl (C=O) groups is 2. The number of hydrogen-bond acceptors (Lipinski definition) is 3.